The third-order valence-electron chi connectivity index (χ3n) is 7.69. The molecule has 8 nitrogen and oxygen atoms in total. The molecule has 1 aliphatic heterocycles. The fourth-order valence-corrected chi connectivity index (χ4v) is 6.66. The number of aromatic nitrogens is 3. The third-order valence-corrected chi connectivity index (χ3v) is 9.21. The fourth-order valence-electron chi connectivity index (χ4n) is 5.17. The molecule has 1 atom stereocenters. The van der Waals surface area contributed by atoms with E-state index in [1.807, 2.05) is 63.2 Å². The zero-order valence-electron chi connectivity index (χ0n) is 26.0. The third kappa shape index (κ3) is 6.81. The van der Waals surface area contributed by atoms with Crippen LogP contribution in [0.3, 0.4) is 0 Å². The summed E-state index contributed by atoms with van der Waals surface area (Å²) in [6.45, 7) is 10.6. The lowest BCUT2D eigenvalue weighted by molar-refractivity contribution is -0.113. The second-order valence-corrected chi connectivity index (χ2v) is 12.9. The summed E-state index contributed by atoms with van der Waals surface area (Å²) in [5, 5.41) is 12.0. The summed E-state index contributed by atoms with van der Waals surface area (Å²) in [5.74, 6) is 2.42. The number of halogens is 1. The molecule has 0 bridgehead atoms. The molecule has 5 rings (SSSR count). The molecule has 0 saturated heterocycles. The maximum absolute atomic E-state index is 14.1. The maximum Gasteiger partial charge on any atom is 0.255 e. The quantitative estimate of drug-likeness (QED) is 0.122. The number of nitrogens with zero attached hydrogens (tertiary/aromatic N) is 3. The molecule has 4 aromatic rings. The van der Waals surface area contributed by atoms with Gasteiger partial charge in [-0.2, -0.15) is 4.98 Å². The van der Waals surface area contributed by atoms with E-state index >= 15 is 0 Å². The lowest BCUT2D eigenvalue weighted by atomic mass is 9.94. The summed E-state index contributed by atoms with van der Waals surface area (Å²) in [6, 6.07) is 17.4. The van der Waals surface area contributed by atoms with Crippen LogP contribution in [0.15, 0.2) is 75.5 Å². The Labute approximate surface area is 271 Å². The van der Waals surface area contributed by atoms with Gasteiger partial charge < -0.3 is 20.1 Å². The summed E-state index contributed by atoms with van der Waals surface area (Å²) < 4.78 is 14.6. The lowest BCUT2D eigenvalue weighted by Gasteiger charge is -2.29. The predicted octanol–water partition coefficient (Wildman–Crippen LogP) is 8.37. The van der Waals surface area contributed by atoms with Gasteiger partial charge in [0.1, 0.15) is 12.6 Å². The number of hydrogen-bond donors (Lipinski definition) is 2. The number of carbonyl (C=O) groups is 1. The average molecular weight is 677 g/mol. The van der Waals surface area contributed by atoms with E-state index in [0.717, 1.165) is 46.5 Å². The number of aryl methyl sites for hydroxylation is 2. The number of anilines is 2. The highest BCUT2D eigenvalue weighted by Crippen LogP contribution is 2.43. The van der Waals surface area contributed by atoms with Crippen molar-refractivity contribution in [1.82, 2.24) is 14.8 Å². The molecule has 1 aliphatic rings. The lowest BCUT2D eigenvalue weighted by Crippen LogP contribution is -2.31. The van der Waals surface area contributed by atoms with Gasteiger partial charge in [0, 0.05) is 17.1 Å². The Morgan fingerprint density at radius 2 is 1.91 bits per heavy atom. The number of rotatable bonds is 11. The minimum absolute atomic E-state index is 0.218. The Morgan fingerprint density at radius 3 is 2.66 bits per heavy atom. The number of ether oxygens (including phenoxy) is 2. The largest absolute Gasteiger partial charge is 0.493 e. The molecular formula is C34H38BrN5O3S. The standard InChI is InChI=1S/C34H38BrN5O3S/c1-7-8-15-44-34-38-33-36-23(5)29(32(41)37-27-14-10-12-21(3)22(27)4)30(40(33)39-34)25-17-26(35)31(28(18-25)42-6)43-19-24-13-9-11-20(2)16-24/h9-14,16-18,30H,7-8,15,19H2,1-6H3,(H,37,41)(H,36,38,39). The van der Waals surface area contributed by atoms with E-state index in [1.165, 1.54) is 5.56 Å². The molecule has 0 aliphatic carbocycles. The number of benzene rings is 3. The molecule has 0 fully saturated rings. The summed E-state index contributed by atoms with van der Waals surface area (Å²) in [7, 11) is 1.62. The summed E-state index contributed by atoms with van der Waals surface area (Å²) >= 11 is 5.35. The van der Waals surface area contributed by atoms with Crippen LogP contribution in [0.4, 0.5) is 11.6 Å². The van der Waals surface area contributed by atoms with Gasteiger partial charge in [0.2, 0.25) is 11.1 Å². The van der Waals surface area contributed by atoms with E-state index in [0.29, 0.717) is 45.0 Å². The maximum atomic E-state index is 14.1. The summed E-state index contributed by atoms with van der Waals surface area (Å²) in [5.41, 5.74) is 7.18. The van der Waals surface area contributed by atoms with Gasteiger partial charge in [-0.3, -0.25) is 4.79 Å². The molecular weight excluding hydrogens is 638 g/mol. The molecule has 3 aromatic carbocycles. The zero-order chi connectivity index (χ0) is 31.4. The number of amides is 1. The molecule has 0 radical (unpaired) electrons. The molecule has 2 N–H and O–H groups in total. The van der Waals surface area contributed by atoms with E-state index in [9.17, 15) is 4.79 Å². The molecule has 1 unspecified atom stereocenters. The first-order chi connectivity index (χ1) is 21.2. The first-order valence-corrected chi connectivity index (χ1v) is 16.5. The van der Waals surface area contributed by atoms with E-state index in [1.54, 1.807) is 23.6 Å². The molecule has 230 valence electrons. The Balaban J connectivity index is 1.55. The van der Waals surface area contributed by atoms with E-state index < -0.39 is 6.04 Å². The van der Waals surface area contributed by atoms with Crippen molar-refractivity contribution in [2.24, 2.45) is 0 Å². The highest BCUT2D eigenvalue weighted by Gasteiger charge is 2.35. The van der Waals surface area contributed by atoms with Crippen LogP contribution in [-0.4, -0.2) is 33.5 Å². The normalized spacial score (nSPS) is 14.2. The molecule has 10 heteroatoms. The van der Waals surface area contributed by atoms with Crippen molar-refractivity contribution in [3.63, 3.8) is 0 Å². The SMILES string of the molecule is CCCCSc1nc2n(n1)C(c1cc(Br)c(OCc3cccc(C)c3)c(OC)c1)C(C(=O)Nc1cccc(C)c1C)=C(C)N2. The second kappa shape index (κ2) is 13.9. The summed E-state index contributed by atoms with van der Waals surface area (Å²) in [6.07, 6.45) is 2.16. The Morgan fingerprint density at radius 1 is 1.11 bits per heavy atom. The van der Waals surface area contributed by atoms with Gasteiger partial charge in [0.25, 0.3) is 5.91 Å². The van der Waals surface area contributed by atoms with Crippen molar-refractivity contribution >= 4 is 45.2 Å². The van der Waals surface area contributed by atoms with Crippen LogP contribution < -0.4 is 20.1 Å². The predicted molar refractivity (Wildman–Crippen MR) is 181 cm³/mol. The van der Waals surface area contributed by atoms with Crippen LogP contribution in [0.5, 0.6) is 11.5 Å². The van der Waals surface area contributed by atoms with E-state index in [-0.39, 0.29) is 5.91 Å². The summed E-state index contributed by atoms with van der Waals surface area (Å²) in [4.78, 5) is 18.9. The van der Waals surface area contributed by atoms with Gasteiger partial charge in [-0.25, -0.2) is 4.68 Å². The van der Waals surface area contributed by atoms with Crippen LogP contribution >= 0.6 is 27.7 Å². The molecule has 2 heterocycles. The number of hydrogen-bond acceptors (Lipinski definition) is 7. The van der Waals surface area contributed by atoms with E-state index in [2.05, 4.69) is 52.5 Å². The molecule has 1 amide bonds. The number of methoxy groups -OCH3 is 1. The van der Waals surface area contributed by atoms with Gasteiger partial charge in [0.05, 0.1) is 17.2 Å². The molecule has 0 saturated carbocycles. The monoisotopic (exact) mass is 675 g/mol. The Kier molecular flexibility index (Phi) is 10.0. The van der Waals surface area contributed by atoms with Gasteiger partial charge in [-0.1, -0.05) is 67.1 Å². The number of allylic oxidation sites excluding steroid dienone is 1. The average Bonchev–Trinajstić information content (AvgIpc) is 3.40. The molecule has 0 spiro atoms. The highest BCUT2D eigenvalue weighted by atomic mass is 79.9. The Hall–Kier alpha value is -3.76. The first kappa shape index (κ1) is 31.7. The highest BCUT2D eigenvalue weighted by molar-refractivity contribution is 9.10. The van der Waals surface area contributed by atoms with Crippen LogP contribution in [0.1, 0.15) is 60.5 Å². The second-order valence-electron chi connectivity index (χ2n) is 10.9. The fraction of sp³-hybridized carbons (Fsp3) is 0.324. The van der Waals surface area contributed by atoms with Crippen LogP contribution in [0.2, 0.25) is 0 Å². The van der Waals surface area contributed by atoms with Gasteiger partial charge in [-0.05, 0) is 90.5 Å². The van der Waals surface area contributed by atoms with Crippen molar-refractivity contribution < 1.29 is 14.3 Å². The van der Waals surface area contributed by atoms with Gasteiger partial charge in [0.15, 0.2) is 11.5 Å². The zero-order valence-corrected chi connectivity index (χ0v) is 28.4. The van der Waals surface area contributed by atoms with Gasteiger partial charge in [-0.15, -0.1) is 5.10 Å². The minimum atomic E-state index is -0.569. The number of fused-ring (bicyclic) bond motifs is 1. The van der Waals surface area contributed by atoms with Crippen molar-refractivity contribution in [3.05, 3.63) is 98.2 Å². The van der Waals surface area contributed by atoms with Gasteiger partial charge >= 0.3 is 0 Å². The number of carbonyl (C=O) groups excluding carboxylic acids is 1. The Bertz CT molecular complexity index is 1720. The van der Waals surface area contributed by atoms with Crippen LogP contribution in [0, 0.1) is 20.8 Å². The molecule has 44 heavy (non-hydrogen) atoms. The minimum Gasteiger partial charge on any atom is -0.493 e. The van der Waals surface area contributed by atoms with Crippen LogP contribution in [-0.2, 0) is 11.4 Å². The van der Waals surface area contributed by atoms with Crippen molar-refractivity contribution in [2.75, 3.05) is 23.5 Å². The van der Waals surface area contributed by atoms with Crippen LogP contribution in [0.25, 0.3) is 0 Å². The smallest absolute Gasteiger partial charge is 0.255 e. The molecule has 1 aromatic heterocycles. The number of thioether (sulfide) groups is 1. The van der Waals surface area contributed by atoms with Crippen molar-refractivity contribution in [1.29, 1.82) is 0 Å². The first-order valence-electron chi connectivity index (χ1n) is 14.7. The van der Waals surface area contributed by atoms with Crippen molar-refractivity contribution in [2.45, 2.75) is 65.3 Å². The van der Waals surface area contributed by atoms with Crippen molar-refractivity contribution in [3.8, 4) is 11.5 Å². The van der Waals surface area contributed by atoms with E-state index in [4.69, 9.17) is 19.6 Å². The number of nitrogens with one attached hydrogen (secondary N) is 2. The number of unbranched alkanes of at least 4 members (excludes halogenated alkanes) is 1. The topological polar surface area (TPSA) is 90.3 Å².